The van der Waals surface area contributed by atoms with Crippen LogP contribution < -0.4 is 9.47 Å². The van der Waals surface area contributed by atoms with Crippen molar-refractivity contribution in [3.8, 4) is 11.5 Å². The van der Waals surface area contributed by atoms with Gasteiger partial charge in [0.15, 0.2) is 11.5 Å². The van der Waals surface area contributed by atoms with Gasteiger partial charge in [0, 0.05) is 6.42 Å². The summed E-state index contributed by atoms with van der Waals surface area (Å²) in [6.07, 6.45) is 1.37. The highest BCUT2D eigenvalue weighted by Crippen LogP contribution is 2.33. The predicted molar refractivity (Wildman–Crippen MR) is 61.2 cm³/mol. The van der Waals surface area contributed by atoms with Crippen LogP contribution in [0.25, 0.3) is 0 Å². The largest absolute Gasteiger partial charge is 0.486 e. The summed E-state index contributed by atoms with van der Waals surface area (Å²) in [6, 6.07) is 3.93. The Morgan fingerprint density at radius 3 is 2.25 bits per heavy atom. The number of hydrogen-bond donors (Lipinski definition) is 0. The average molecular weight is 220 g/mol. The molecule has 3 heteroatoms. The summed E-state index contributed by atoms with van der Waals surface area (Å²) >= 11 is 0. The molecule has 0 unspecified atom stereocenters. The number of rotatable bonds is 3. The molecule has 1 aromatic carbocycles. The fourth-order valence-electron chi connectivity index (χ4n) is 1.93. The van der Waals surface area contributed by atoms with E-state index in [2.05, 4.69) is 6.92 Å². The number of carbonyl (C=O) groups is 1. The zero-order valence-corrected chi connectivity index (χ0v) is 9.71. The molecule has 1 aromatic rings. The van der Waals surface area contributed by atoms with E-state index in [4.69, 9.17) is 9.47 Å². The number of Topliss-reactive ketones (excluding diaryl/α,β-unsaturated/α-hetero) is 1. The van der Waals surface area contributed by atoms with Crippen LogP contribution in [0.15, 0.2) is 12.1 Å². The van der Waals surface area contributed by atoms with Crippen LogP contribution in [0.4, 0.5) is 0 Å². The topological polar surface area (TPSA) is 35.5 Å². The average Bonchev–Trinajstić information content (AvgIpc) is 2.27. The minimum atomic E-state index is 0.173. The van der Waals surface area contributed by atoms with E-state index in [1.807, 2.05) is 12.1 Å². The van der Waals surface area contributed by atoms with E-state index in [1.54, 1.807) is 6.92 Å². The van der Waals surface area contributed by atoms with Gasteiger partial charge in [-0.1, -0.05) is 6.92 Å². The molecule has 0 N–H and O–H groups in total. The van der Waals surface area contributed by atoms with Gasteiger partial charge in [-0.05, 0) is 36.6 Å². The molecular formula is C13H16O3. The minimum Gasteiger partial charge on any atom is -0.486 e. The van der Waals surface area contributed by atoms with Crippen molar-refractivity contribution in [3.63, 3.8) is 0 Å². The third-order valence-corrected chi connectivity index (χ3v) is 2.68. The number of carbonyl (C=O) groups excluding carboxylic acids is 1. The Hall–Kier alpha value is -1.51. The normalized spacial score (nSPS) is 13.6. The van der Waals surface area contributed by atoms with Gasteiger partial charge in [0.1, 0.15) is 19.0 Å². The molecule has 0 fully saturated rings. The smallest absolute Gasteiger partial charge is 0.161 e. The summed E-state index contributed by atoms with van der Waals surface area (Å²) in [5, 5.41) is 0. The first-order valence-electron chi connectivity index (χ1n) is 5.61. The lowest BCUT2D eigenvalue weighted by molar-refractivity contribution is -0.116. The second-order valence-electron chi connectivity index (χ2n) is 4.00. The third-order valence-electron chi connectivity index (χ3n) is 2.68. The van der Waals surface area contributed by atoms with Crippen LogP contribution >= 0.6 is 0 Å². The summed E-state index contributed by atoms with van der Waals surface area (Å²) in [5.74, 6) is 1.74. The first-order valence-corrected chi connectivity index (χ1v) is 5.61. The second kappa shape index (κ2) is 4.56. The molecule has 0 spiro atoms. The Kier molecular flexibility index (Phi) is 3.13. The first-order chi connectivity index (χ1) is 7.70. The van der Waals surface area contributed by atoms with Crippen molar-refractivity contribution in [3.05, 3.63) is 23.3 Å². The van der Waals surface area contributed by atoms with Crippen molar-refractivity contribution in [2.45, 2.75) is 26.7 Å². The number of aryl methyl sites for hydroxylation is 1. The van der Waals surface area contributed by atoms with E-state index >= 15 is 0 Å². The third kappa shape index (κ3) is 2.18. The molecule has 0 amide bonds. The van der Waals surface area contributed by atoms with Gasteiger partial charge in [0.25, 0.3) is 0 Å². The van der Waals surface area contributed by atoms with Crippen molar-refractivity contribution in [2.75, 3.05) is 13.2 Å². The number of ketones is 1. The van der Waals surface area contributed by atoms with Gasteiger partial charge >= 0.3 is 0 Å². The predicted octanol–water partition coefficient (Wildman–Crippen LogP) is 2.15. The van der Waals surface area contributed by atoms with E-state index in [9.17, 15) is 4.79 Å². The van der Waals surface area contributed by atoms with Crippen LogP contribution in [0, 0.1) is 0 Å². The molecular weight excluding hydrogens is 204 g/mol. The van der Waals surface area contributed by atoms with Gasteiger partial charge in [-0.2, -0.15) is 0 Å². The Balaban J connectivity index is 2.39. The SMILES string of the molecule is CCc1cc2c(cc1CC(C)=O)OCCO2. The lowest BCUT2D eigenvalue weighted by atomic mass is 9.99. The number of ether oxygens (including phenoxy) is 2. The van der Waals surface area contributed by atoms with E-state index in [0.29, 0.717) is 19.6 Å². The van der Waals surface area contributed by atoms with E-state index < -0.39 is 0 Å². The summed E-state index contributed by atoms with van der Waals surface area (Å²) in [7, 11) is 0. The number of hydrogen-bond acceptors (Lipinski definition) is 3. The Morgan fingerprint density at radius 2 is 1.75 bits per heavy atom. The van der Waals surface area contributed by atoms with Crippen molar-refractivity contribution in [1.29, 1.82) is 0 Å². The minimum absolute atomic E-state index is 0.173. The monoisotopic (exact) mass is 220 g/mol. The highest BCUT2D eigenvalue weighted by Gasteiger charge is 2.15. The highest BCUT2D eigenvalue weighted by molar-refractivity contribution is 5.79. The Morgan fingerprint density at radius 1 is 1.19 bits per heavy atom. The van der Waals surface area contributed by atoms with E-state index in [-0.39, 0.29) is 5.78 Å². The van der Waals surface area contributed by atoms with Crippen LogP contribution in [-0.4, -0.2) is 19.0 Å². The summed E-state index contributed by atoms with van der Waals surface area (Å²) in [6.45, 7) is 4.87. The molecule has 0 aliphatic carbocycles. The highest BCUT2D eigenvalue weighted by atomic mass is 16.6. The van der Waals surface area contributed by atoms with Crippen LogP contribution in [0.2, 0.25) is 0 Å². The summed E-state index contributed by atoms with van der Waals surface area (Å²) < 4.78 is 11.0. The molecule has 1 aliphatic rings. The maximum atomic E-state index is 11.2. The number of benzene rings is 1. The van der Waals surface area contributed by atoms with Gasteiger partial charge in [0.05, 0.1) is 0 Å². The maximum absolute atomic E-state index is 11.2. The lowest BCUT2D eigenvalue weighted by Crippen LogP contribution is -2.16. The molecule has 16 heavy (non-hydrogen) atoms. The quantitative estimate of drug-likeness (QED) is 0.783. The van der Waals surface area contributed by atoms with Crippen molar-refractivity contribution < 1.29 is 14.3 Å². The molecule has 86 valence electrons. The summed E-state index contributed by atoms with van der Waals surface area (Å²) in [4.78, 5) is 11.2. The van der Waals surface area contributed by atoms with Crippen molar-refractivity contribution >= 4 is 5.78 Å². The molecule has 3 nitrogen and oxygen atoms in total. The fourth-order valence-corrected chi connectivity index (χ4v) is 1.93. The second-order valence-corrected chi connectivity index (χ2v) is 4.00. The van der Waals surface area contributed by atoms with Crippen LogP contribution in [0.3, 0.4) is 0 Å². The van der Waals surface area contributed by atoms with E-state index in [0.717, 1.165) is 23.5 Å². The van der Waals surface area contributed by atoms with Gasteiger partial charge in [-0.25, -0.2) is 0 Å². The standard InChI is InChI=1S/C13H16O3/c1-3-10-7-12-13(16-5-4-15-12)8-11(10)6-9(2)14/h7-8H,3-6H2,1-2H3. The van der Waals surface area contributed by atoms with Gasteiger partial charge < -0.3 is 9.47 Å². The van der Waals surface area contributed by atoms with Crippen LogP contribution in [-0.2, 0) is 17.6 Å². The Bertz CT molecular complexity index is 410. The van der Waals surface area contributed by atoms with E-state index in [1.165, 1.54) is 5.56 Å². The van der Waals surface area contributed by atoms with Gasteiger partial charge in [-0.3, -0.25) is 4.79 Å². The Labute approximate surface area is 95.4 Å². The zero-order valence-electron chi connectivity index (χ0n) is 9.71. The van der Waals surface area contributed by atoms with Crippen molar-refractivity contribution in [1.82, 2.24) is 0 Å². The molecule has 2 rings (SSSR count). The van der Waals surface area contributed by atoms with Gasteiger partial charge in [-0.15, -0.1) is 0 Å². The molecule has 1 heterocycles. The molecule has 0 bridgehead atoms. The molecule has 0 atom stereocenters. The van der Waals surface area contributed by atoms with Crippen molar-refractivity contribution in [2.24, 2.45) is 0 Å². The molecule has 0 radical (unpaired) electrons. The summed E-state index contributed by atoms with van der Waals surface area (Å²) in [5.41, 5.74) is 2.22. The zero-order chi connectivity index (χ0) is 11.5. The molecule has 0 aromatic heterocycles. The van der Waals surface area contributed by atoms with Gasteiger partial charge in [0.2, 0.25) is 0 Å². The lowest BCUT2D eigenvalue weighted by Gasteiger charge is -2.20. The maximum Gasteiger partial charge on any atom is 0.161 e. The molecule has 0 saturated heterocycles. The van der Waals surface area contributed by atoms with Crippen LogP contribution in [0.5, 0.6) is 11.5 Å². The number of fused-ring (bicyclic) bond motifs is 1. The van der Waals surface area contributed by atoms with Crippen LogP contribution in [0.1, 0.15) is 25.0 Å². The molecule has 0 saturated carbocycles. The first kappa shape index (κ1) is 11.0. The fraction of sp³-hybridized carbons (Fsp3) is 0.462. The molecule has 1 aliphatic heterocycles.